The zero-order chi connectivity index (χ0) is 19.4. The van der Waals surface area contributed by atoms with Crippen molar-refractivity contribution in [3.8, 4) is 5.75 Å². The lowest BCUT2D eigenvalue weighted by molar-refractivity contribution is -0.888. The summed E-state index contributed by atoms with van der Waals surface area (Å²) in [6.45, 7) is 2.23. The van der Waals surface area contributed by atoms with Crippen molar-refractivity contribution in [1.82, 2.24) is 5.01 Å². The molecule has 146 valence electrons. The lowest BCUT2D eigenvalue weighted by Gasteiger charge is -2.49. The Morgan fingerprint density at radius 2 is 1.72 bits per heavy atom. The molecule has 1 N–H and O–H groups in total. The molecule has 1 fully saturated rings. The average Bonchev–Trinajstić information content (AvgIpc) is 3.22. The van der Waals surface area contributed by atoms with Crippen LogP contribution in [0.1, 0.15) is 36.4 Å². The number of fused-ring (bicyclic) bond motifs is 5. The van der Waals surface area contributed by atoms with Gasteiger partial charge in [0, 0.05) is 12.0 Å². The Hall–Kier alpha value is -2.85. The number of piperidine rings is 1. The second kappa shape index (κ2) is 6.33. The minimum atomic E-state index is -0.308. The number of hydrogen-bond donors (Lipinski definition) is 1. The molecule has 0 amide bonds. The predicted molar refractivity (Wildman–Crippen MR) is 115 cm³/mol. The SMILES string of the molecule is C[NH+]1CCC2(CC1)Oc1ccccc1[C@@H]1CC(c3ccc4ccccc4c3)=NN12. The zero-order valence-corrected chi connectivity index (χ0v) is 16.8. The third-order valence-corrected chi connectivity index (χ3v) is 6.87. The minimum Gasteiger partial charge on any atom is -0.466 e. The van der Waals surface area contributed by atoms with Crippen molar-refractivity contribution in [3.05, 3.63) is 77.9 Å². The summed E-state index contributed by atoms with van der Waals surface area (Å²) in [7, 11) is 2.27. The van der Waals surface area contributed by atoms with Crippen molar-refractivity contribution in [2.24, 2.45) is 5.10 Å². The predicted octanol–water partition coefficient (Wildman–Crippen LogP) is 3.39. The molecule has 0 aromatic heterocycles. The normalized spacial score (nSPS) is 28.0. The molecule has 29 heavy (non-hydrogen) atoms. The van der Waals surface area contributed by atoms with Gasteiger partial charge in [-0.2, -0.15) is 5.10 Å². The summed E-state index contributed by atoms with van der Waals surface area (Å²) in [6, 6.07) is 24.1. The van der Waals surface area contributed by atoms with E-state index in [1.807, 2.05) is 0 Å². The van der Waals surface area contributed by atoms with E-state index in [4.69, 9.17) is 9.84 Å². The first-order chi connectivity index (χ1) is 14.2. The third kappa shape index (κ3) is 2.66. The van der Waals surface area contributed by atoms with Gasteiger partial charge in [-0.25, -0.2) is 5.01 Å². The highest BCUT2D eigenvalue weighted by atomic mass is 16.5. The van der Waals surface area contributed by atoms with Gasteiger partial charge in [-0.15, -0.1) is 0 Å². The fraction of sp³-hybridized carbons (Fsp3) is 0.320. The average molecular weight is 385 g/mol. The van der Waals surface area contributed by atoms with Crippen LogP contribution in [0.2, 0.25) is 0 Å². The van der Waals surface area contributed by atoms with E-state index in [2.05, 4.69) is 78.8 Å². The van der Waals surface area contributed by atoms with E-state index in [0.717, 1.165) is 38.1 Å². The summed E-state index contributed by atoms with van der Waals surface area (Å²) in [4.78, 5) is 1.58. The maximum atomic E-state index is 6.68. The van der Waals surface area contributed by atoms with Gasteiger partial charge in [-0.05, 0) is 28.5 Å². The van der Waals surface area contributed by atoms with E-state index in [-0.39, 0.29) is 11.8 Å². The van der Waals surface area contributed by atoms with Crippen molar-refractivity contribution < 1.29 is 9.64 Å². The van der Waals surface area contributed by atoms with Crippen LogP contribution in [-0.4, -0.2) is 36.6 Å². The topological polar surface area (TPSA) is 29.3 Å². The van der Waals surface area contributed by atoms with Crippen LogP contribution >= 0.6 is 0 Å². The number of quaternary nitrogens is 1. The van der Waals surface area contributed by atoms with Gasteiger partial charge >= 0.3 is 0 Å². The Morgan fingerprint density at radius 3 is 2.59 bits per heavy atom. The Morgan fingerprint density at radius 1 is 0.966 bits per heavy atom. The number of hydrazone groups is 1. The maximum Gasteiger partial charge on any atom is 0.208 e. The van der Waals surface area contributed by atoms with Crippen molar-refractivity contribution in [3.63, 3.8) is 0 Å². The Bertz CT molecular complexity index is 1110. The van der Waals surface area contributed by atoms with Crippen LogP contribution in [0.5, 0.6) is 5.75 Å². The second-order valence-electron chi connectivity index (χ2n) is 8.72. The lowest BCUT2D eigenvalue weighted by Crippen LogP contribution is -3.11. The van der Waals surface area contributed by atoms with Gasteiger partial charge < -0.3 is 9.64 Å². The van der Waals surface area contributed by atoms with Crippen LogP contribution in [0, 0.1) is 0 Å². The first kappa shape index (κ1) is 17.0. The summed E-state index contributed by atoms with van der Waals surface area (Å²) in [5.74, 6) is 1.04. The summed E-state index contributed by atoms with van der Waals surface area (Å²) in [5, 5.41) is 10.1. The molecule has 6 rings (SSSR count). The number of rotatable bonds is 1. The smallest absolute Gasteiger partial charge is 0.208 e. The number of para-hydroxylation sites is 1. The Kier molecular flexibility index (Phi) is 3.72. The van der Waals surface area contributed by atoms with Gasteiger partial charge in [0.25, 0.3) is 0 Å². The molecular formula is C25H26N3O+. The number of likely N-dealkylation sites (tertiary alicyclic amines) is 1. The molecule has 3 aromatic carbocycles. The van der Waals surface area contributed by atoms with Crippen LogP contribution in [-0.2, 0) is 0 Å². The molecule has 3 aliphatic rings. The largest absolute Gasteiger partial charge is 0.466 e. The van der Waals surface area contributed by atoms with Gasteiger partial charge in [0.1, 0.15) is 5.75 Å². The summed E-state index contributed by atoms with van der Waals surface area (Å²) in [5.41, 5.74) is 3.36. The van der Waals surface area contributed by atoms with Crippen LogP contribution in [0.15, 0.2) is 71.8 Å². The molecule has 4 heteroatoms. The van der Waals surface area contributed by atoms with Crippen LogP contribution < -0.4 is 9.64 Å². The number of benzene rings is 3. The first-order valence-electron chi connectivity index (χ1n) is 10.7. The summed E-state index contributed by atoms with van der Waals surface area (Å²) in [6.07, 6.45) is 2.96. The minimum absolute atomic E-state index is 0.264. The monoisotopic (exact) mass is 384 g/mol. The van der Waals surface area contributed by atoms with Gasteiger partial charge in [0.2, 0.25) is 5.72 Å². The van der Waals surface area contributed by atoms with Crippen molar-refractivity contribution in [1.29, 1.82) is 0 Å². The van der Waals surface area contributed by atoms with Crippen molar-refractivity contribution in [2.75, 3.05) is 20.1 Å². The molecule has 1 atom stereocenters. The molecule has 1 saturated heterocycles. The molecule has 3 aromatic rings. The van der Waals surface area contributed by atoms with Gasteiger partial charge in [0.15, 0.2) is 0 Å². The van der Waals surface area contributed by atoms with E-state index in [1.165, 1.54) is 27.6 Å². The quantitative estimate of drug-likeness (QED) is 0.697. The fourth-order valence-corrected chi connectivity index (χ4v) is 5.17. The highest BCUT2D eigenvalue weighted by Gasteiger charge is 2.52. The summed E-state index contributed by atoms with van der Waals surface area (Å²) < 4.78 is 6.68. The van der Waals surface area contributed by atoms with Gasteiger partial charge in [-0.1, -0.05) is 54.6 Å². The second-order valence-corrected chi connectivity index (χ2v) is 8.72. The molecular weight excluding hydrogens is 358 g/mol. The molecule has 3 heterocycles. The molecule has 3 aliphatic heterocycles. The number of hydrogen-bond acceptors (Lipinski definition) is 3. The maximum absolute atomic E-state index is 6.68. The number of nitrogens with one attached hydrogen (secondary N) is 1. The van der Waals surface area contributed by atoms with Gasteiger partial charge in [-0.3, -0.25) is 0 Å². The number of ether oxygens (including phenoxy) is 1. The van der Waals surface area contributed by atoms with Crippen LogP contribution in [0.4, 0.5) is 0 Å². The first-order valence-corrected chi connectivity index (χ1v) is 10.7. The molecule has 4 nitrogen and oxygen atoms in total. The lowest BCUT2D eigenvalue weighted by atomic mass is 9.90. The van der Waals surface area contributed by atoms with E-state index >= 15 is 0 Å². The Labute approximate surface area is 171 Å². The Balaban J connectivity index is 1.44. The van der Waals surface area contributed by atoms with Crippen LogP contribution in [0.3, 0.4) is 0 Å². The third-order valence-electron chi connectivity index (χ3n) is 6.87. The molecule has 0 radical (unpaired) electrons. The highest BCUT2D eigenvalue weighted by Crippen LogP contribution is 2.49. The number of nitrogens with zero attached hydrogens (tertiary/aromatic N) is 2. The fourth-order valence-electron chi connectivity index (χ4n) is 5.17. The molecule has 0 aliphatic carbocycles. The molecule has 0 bridgehead atoms. The highest BCUT2D eigenvalue weighted by molar-refractivity contribution is 6.04. The molecule has 0 saturated carbocycles. The molecule has 0 unspecified atom stereocenters. The van der Waals surface area contributed by atoms with Crippen LogP contribution in [0.25, 0.3) is 10.8 Å². The van der Waals surface area contributed by atoms with E-state index in [9.17, 15) is 0 Å². The van der Waals surface area contributed by atoms with Gasteiger partial charge in [0.05, 0.1) is 44.7 Å². The van der Waals surface area contributed by atoms with E-state index in [1.54, 1.807) is 4.90 Å². The zero-order valence-electron chi connectivity index (χ0n) is 16.8. The molecule has 1 spiro atoms. The van der Waals surface area contributed by atoms with E-state index in [0.29, 0.717) is 0 Å². The standard InChI is InChI=1S/C25H25N3O/c1-27-14-12-25(13-15-27)28-23(21-8-4-5-9-24(21)29-25)17-22(26-28)20-11-10-18-6-2-3-7-19(18)16-20/h2-11,16,23H,12-15,17H2,1H3/p+1/t23-/m0/s1. The van der Waals surface area contributed by atoms with Crippen molar-refractivity contribution in [2.45, 2.75) is 31.0 Å². The van der Waals surface area contributed by atoms with E-state index < -0.39 is 0 Å². The summed E-state index contributed by atoms with van der Waals surface area (Å²) >= 11 is 0. The van der Waals surface area contributed by atoms with Crippen molar-refractivity contribution >= 4 is 16.5 Å².